The van der Waals surface area contributed by atoms with E-state index in [0.717, 1.165) is 10.2 Å². The maximum Gasteiger partial charge on any atom is 0.221 e. The first-order valence-electron chi connectivity index (χ1n) is 4.57. The minimum Gasteiger partial charge on any atom is -0.325 e. The lowest BCUT2D eigenvalue weighted by molar-refractivity contribution is -0.114. The number of halogens is 1. The third-order valence-corrected chi connectivity index (χ3v) is 2.66. The summed E-state index contributed by atoms with van der Waals surface area (Å²) in [6.07, 6.45) is 0. The molecule has 1 amide bonds. The van der Waals surface area contributed by atoms with Crippen molar-refractivity contribution in [3.8, 4) is 0 Å². The molecule has 2 nitrogen and oxygen atoms in total. The van der Waals surface area contributed by atoms with Crippen LogP contribution in [0.2, 0.25) is 0 Å². The molecule has 0 aliphatic rings. The van der Waals surface area contributed by atoms with Crippen LogP contribution in [0.4, 0.5) is 5.69 Å². The van der Waals surface area contributed by atoms with E-state index >= 15 is 0 Å². The highest BCUT2D eigenvalue weighted by molar-refractivity contribution is 9.10. The lowest BCUT2D eigenvalue weighted by Crippen LogP contribution is -2.06. The molecule has 0 fully saturated rings. The predicted molar refractivity (Wildman–Crippen MR) is 62.5 cm³/mol. The highest BCUT2D eigenvalue weighted by Crippen LogP contribution is 2.26. The molecule has 1 aromatic carbocycles. The van der Waals surface area contributed by atoms with Crippen LogP contribution in [0.15, 0.2) is 22.7 Å². The second-order valence-electron chi connectivity index (χ2n) is 3.58. The topological polar surface area (TPSA) is 29.1 Å². The van der Waals surface area contributed by atoms with Crippen molar-refractivity contribution in [1.29, 1.82) is 0 Å². The maximum absolute atomic E-state index is 10.9. The number of anilines is 1. The summed E-state index contributed by atoms with van der Waals surface area (Å²) in [5.74, 6) is 0.419. The summed E-state index contributed by atoms with van der Waals surface area (Å²) in [6, 6.07) is 6.01. The Morgan fingerprint density at radius 1 is 1.43 bits per heavy atom. The molecular weight excluding hydrogens is 242 g/mol. The van der Waals surface area contributed by atoms with E-state index in [1.165, 1.54) is 12.5 Å². The largest absolute Gasteiger partial charge is 0.325 e. The van der Waals surface area contributed by atoms with E-state index in [2.05, 4.69) is 41.2 Å². The standard InChI is InChI=1S/C11H14BrNO/c1-7(2)9-4-5-10(12)11(6-9)13-8(3)14/h4-7H,1-3H3,(H,13,14). The van der Waals surface area contributed by atoms with E-state index in [4.69, 9.17) is 0 Å². The van der Waals surface area contributed by atoms with Gasteiger partial charge in [0, 0.05) is 11.4 Å². The molecule has 0 aliphatic heterocycles. The van der Waals surface area contributed by atoms with Crippen LogP contribution in [0.1, 0.15) is 32.3 Å². The van der Waals surface area contributed by atoms with Gasteiger partial charge in [0.15, 0.2) is 0 Å². The summed E-state index contributed by atoms with van der Waals surface area (Å²) in [5.41, 5.74) is 2.06. The molecule has 14 heavy (non-hydrogen) atoms. The van der Waals surface area contributed by atoms with Gasteiger partial charge in [0.2, 0.25) is 5.91 Å². The van der Waals surface area contributed by atoms with Gasteiger partial charge in [0.1, 0.15) is 0 Å². The molecule has 0 saturated carbocycles. The van der Waals surface area contributed by atoms with Crippen molar-refractivity contribution in [2.75, 3.05) is 5.32 Å². The summed E-state index contributed by atoms with van der Waals surface area (Å²) >= 11 is 3.39. The molecule has 1 N–H and O–H groups in total. The Balaban J connectivity index is 3.02. The monoisotopic (exact) mass is 255 g/mol. The number of hydrogen-bond acceptors (Lipinski definition) is 1. The fourth-order valence-corrected chi connectivity index (χ4v) is 1.53. The third-order valence-electron chi connectivity index (χ3n) is 1.97. The van der Waals surface area contributed by atoms with Crippen LogP contribution < -0.4 is 5.32 Å². The number of rotatable bonds is 2. The normalized spacial score (nSPS) is 10.4. The number of nitrogens with one attached hydrogen (secondary N) is 1. The van der Waals surface area contributed by atoms with Gasteiger partial charge < -0.3 is 5.32 Å². The van der Waals surface area contributed by atoms with E-state index in [1.807, 2.05) is 12.1 Å². The molecule has 76 valence electrons. The van der Waals surface area contributed by atoms with Gasteiger partial charge in [-0.1, -0.05) is 19.9 Å². The van der Waals surface area contributed by atoms with Crippen molar-refractivity contribution >= 4 is 27.5 Å². The van der Waals surface area contributed by atoms with E-state index < -0.39 is 0 Å². The lowest BCUT2D eigenvalue weighted by atomic mass is 10.0. The fourth-order valence-electron chi connectivity index (χ4n) is 1.19. The zero-order chi connectivity index (χ0) is 10.7. The average Bonchev–Trinajstić information content (AvgIpc) is 2.07. The van der Waals surface area contributed by atoms with Gasteiger partial charge in [-0.25, -0.2) is 0 Å². The second kappa shape index (κ2) is 4.60. The lowest BCUT2D eigenvalue weighted by Gasteiger charge is -2.10. The molecule has 1 rings (SSSR count). The maximum atomic E-state index is 10.9. The van der Waals surface area contributed by atoms with Gasteiger partial charge in [-0.2, -0.15) is 0 Å². The SMILES string of the molecule is CC(=O)Nc1cc(C(C)C)ccc1Br. The fraction of sp³-hybridized carbons (Fsp3) is 0.364. The number of benzene rings is 1. The van der Waals surface area contributed by atoms with Gasteiger partial charge in [-0.05, 0) is 39.5 Å². The van der Waals surface area contributed by atoms with E-state index in [0.29, 0.717) is 5.92 Å². The van der Waals surface area contributed by atoms with Crippen LogP contribution in [-0.4, -0.2) is 5.91 Å². The zero-order valence-electron chi connectivity index (χ0n) is 8.60. The van der Waals surface area contributed by atoms with Crippen LogP contribution in [0.3, 0.4) is 0 Å². The van der Waals surface area contributed by atoms with Crippen LogP contribution in [0.5, 0.6) is 0 Å². The highest BCUT2D eigenvalue weighted by atomic mass is 79.9. The van der Waals surface area contributed by atoms with Crippen LogP contribution >= 0.6 is 15.9 Å². The molecule has 0 atom stereocenters. The molecule has 0 saturated heterocycles. The van der Waals surface area contributed by atoms with E-state index in [1.54, 1.807) is 0 Å². The first-order valence-corrected chi connectivity index (χ1v) is 5.37. The molecule has 3 heteroatoms. The molecular formula is C11H14BrNO. The van der Waals surface area contributed by atoms with Gasteiger partial charge in [-0.15, -0.1) is 0 Å². The number of carbonyl (C=O) groups excluding carboxylic acids is 1. The number of hydrogen-bond donors (Lipinski definition) is 1. The molecule has 0 aromatic heterocycles. The zero-order valence-corrected chi connectivity index (χ0v) is 10.2. The highest BCUT2D eigenvalue weighted by Gasteiger charge is 2.05. The minimum atomic E-state index is -0.0494. The first-order chi connectivity index (χ1) is 6.50. The Hall–Kier alpha value is -0.830. The van der Waals surface area contributed by atoms with Crippen molar-refractivity contribution in [2.24, 2.45) is 0 Å². The molecule has 1 aromatic rings. The average molecular weight is 256 g/mol. The Bertz CT molecular complexity index is 347. The number of carbonyl (C=O) groups is 1. The van der Waals surface area contributed by atoms with Crippen molar-refractivity contribution in [1.82, 2.24) is 0 Å². The molecule has 0 unspecified atom stereocenters. The smallest absolute Gasteiger partial charge is 0.221 e. The Morgan fingerprint density at radius 3 is 2.57 bits per heavy atom. The van der Waals surface area contributed by atoms with Crippen LogP contribution in [0.25, 0.3) is 0 Å². The third kappa shape index (κ3) is 2.84. The van der Waals surface area contributed by atoms with Crippen molar-refractivity contribution in [3.63, 3.8) is 0 Å². The molecule has 0 aliphatic carbocycles. The Kier molecular flexibility index (Phi) is 3.69. The van der Waals surface area contributed by atoms with Crippen LogP contribution in [0, 0.1) is 0 Å². The van der Waals surface area contributed by atoms with Gasteiger partial charge in [-0.3, -0.25) is 4.79 Å². The molecule has 0 spiro atoms. The van der Waals surface area contributed by atoms with Gasteiger partial charge in [0.25, 0.3) is 0 Å². The summed E-state index contributed by atoms with van der Waals surface area (Å²) in [5, 5.41) is 2.78. The van der Waals surface area contributed by atoms with Crippen molar-refractivity contribution < 1.29 is 4.79 Å². The second-order valence-corrected chi connectivity index (χ2v) is 4.43. The Morgan fingerprint density at radius 2 is 2.07 bits per heavy atom. The first kappa shape index (κ1) is 11.2. The predicted octanol–water partition coefficient (Wildman–Crippen LogP) is 3.53. The summed E-state index contributed by atoms with van der Waals surface area (Å²) in [7, 11) is 0. The van der Waals surface area contributed by atoms with Crippen molar-refractivity contribution in [2.45, 2.75) is 26.7 Å². The quantitative estimate of drug-likeness (QED) is 0.861. The summed E-state index contributed by atoms with van der Waals surface area (Å²) in [4.78, 5) is 10.9. The van der Waals surface area contributed by atoms with E-state index in [-0.39, 0.29) is 5.91 Å². The summed E-state index contributed by atoms with van der Waals surface area (Å²) < 4.78 is 0.914. The van der Waals surface area contributed by atoms with Gasteiger partial charge >= 0.3 is 0 Å². The minimum absolute atomic E-state index is 0.0494. The number of amides is 1. The molecule has 0 heterocycles. The van der Waals surface area contributed by atoms with Crippen LogP contribution in [-0.2, 0) is 4.79 Å². The van der Waals surface area contributed by atoms with Crippen molar-refractivity contribution in [3.05, 3.63) is 28.2 Å². The van der Waals surface area contributed by atoms with Gasteiger partial charge in [0.05, 0.1) is 5.69 Å². The van der Waals surface area contributed by atoms with E-state index in [9.17, 15) is 4.79 Å². The summed E-state index contributed by atoms with van der Waals surface area (Å²) in [6.45, 7) is 5.76. The molecule has 0 radical (unpaired) electrons. The molecule has 0 bridgehead atoms. The Labute approximate surface area is 92.8 Å².